The van der Waals surface area contributed by atoms with Crippen molar-refractivity contribution >= 4 is 17.6 Å². The van der Waals surface area contributed by atoms with Gasteiger partial charge in [-0.1, -0.05) is 49.9 Å². The molecule has 1 saturated carbocycles. The first-order chi connectivity index (χ1) is 17.5. The van der Waals surface area contributed by atoms with Gasteiger partial charge in [0, 0.05) is 24.2 Å². The lowest BCUT2D eigenvalue weighted by molar-refractivity contribution is -0.141. The van der Waals surface area contributed by atoms with E-state index in [-0.39, 0.29) is 11.2 Å². The van der Waals surface area contributed by atoms with Gasteiger partial charge in [0.15, 0.2) is 0 Å². The van der Waals surface area contributed by atoms with Crippen LogP contribution in [0.1, 0.15) is 80.7 Å². The van der Waals surface area contributed by atoms with E-state index in [1.165, 1.54) is 31.4 Å². The Bertz CT molecular complexity index is 1110. The molecule has 3 aliphatic rings. The highest BCUT2D eigenvalue weighted by atomic mass is 35.5. The molecule has 202 valence electrons. The first-order valence-electron chi connectivity index (χ1n) is 13.1. The highest BCUT2D eigenvalue weighted by molar-refractivity contribution is 6.30. The molecule has 0 amide bonds. The molecule has 2 unspecified atom stereocenters. The summed E-state index contributed by atoms with van der Waals surface area (Å²) >= 11 is 6.04. The summed E-state index contributed by atoms with van der Waals surface area (Å²) < 4.78 is 47.2. The van der Waals surface area contributed by atoms with Crippen molar-refractivity contribution in [1.29, 1.82) is 0 Å². The minimum atomic E-state index is -4.43. The van der Waals surface area contributed by atoms with Gasteiger partial charge in [-0.25, -0.2) is 0 Å². The molecule has 1 saturated heterocycles. The molecule has 1 spiro atoms. The summed E-state index contributed by atoms with van der Waals surface area (Å²) in [7, 11) is 0. The van der Waals surface area contributed by atoms with Gasteiger partial charge < -0.3 is 9.84 Å². The number of aliphatic carboxylic acids is 1. The van der Waals surface area contributed by atoms with Crippen LogP contribution >= 0.6 is 11.6 Å². The van der Waals surface area contributed by atoms with Gasteiger partial charge in [-0.05, 0) is 80.0 Å². The lowest BCUT2D eigenvalue weighted by Crippen LogP contribution is -2.50. The van der Waals surface area contributed by atoms with Crippen LogP contribution in [0.15, 0.2) is 36.4 Å². The van der Waals surface area contributed by atoms with Crippen molar-refractivity contribution in [2.75, 3.05) is 13.1 Å². The Morgan fingerprint density at radius 2 is 1.76 bits per heavy atom. The number of alkyl halides is 3. The van der Waals surface area contributed by atoms with Crippen LogP contribution in [0.4, 0.5) is 13.2 Å². The molecule has 2 atom stereocenters. The van der Waals surface area contributed by atoms with Crippen LogP contribution in [0.2, 0.25) is 5.02 Å². The molecule has 5 rings (SSSR count). The highest BCUT2D eigenvalue weighted by Gasteiger charge is 2.42. The number of ether oxygens (including phenoxy) is 1. The fourth-order valence-corrected chi connectivity index (χ4v) is 5.30. The van der Waals surface area contributed by atoms with E-state index < -0.39 is 29.7 Å². The maximum absolute atomic E-state index is 13.6. The first-order valence-corrected chi connectivity index (χ1v) is 13.5. The lowest BCUT2D eigenvalue weighted by atomic mass is 9.82. The number of nitrogens with zero attached hydrogens (tertiary/aromatic N) is 1. The first kappa shape index (κ1) is 27.8. The monoisotopic (exact) mass is 537 g/mol. The summed E-state index contributed by atoms with van der Waals surface area (Å²) in [4.78, 5) is 13.3. The molecular formula is C29H35ClF3NO3. The van der Waals surface area contributed by atoms with Gasteiger partial charge in [-0.3, -0.25) is 9.69 Å². The molecule has 0 aromatic heterocycles. The van der Waals surface area contributed by atoms with Crippen molar-refractivity contribution in [1.82, 2.24) is 4.90 Å². The van der Waals surface area contributed by atoms with Crippen LogP contribution in [0.3, 0.4) is 0 Å². The molecule has 2 aromatic carbocycles. The third kappa shape index (κ3) is 6.99. The summed E-state index contributed by atoms with van der Waals surface area (Å²) in [6.45, 7) is 4.73. The second kappa shape index (κ2) is 11.2. The molecule has 1 aliphatic carbocycles. The zero-order chi connectivity index (χ0) is 26.8. The van der Waals surface area contributed by atoms with Gasteiger partial charge in [0.05, 0.1) is 11.5 Å². The largest absolute Gasteiger partial charge is 0.487 e. The van der Waals surface area contributed by atoms with Crippen molar-refractivity contribution in [3.63, 3.8) is 0 Å². The van der Waals surface area contributed by atoms with Crippen LogP contribution in [0.5, 0.6) is 5.75 Å². The van der Waals surface area contributed by atoms with E-state index in [9.17, 15) is 23.1 Å². The van der Waals surface area contributed by atoms with E-state index in [2.05, 4.69) is 4.90 Å². The molecule has 37 heavy (non-hydrogen) atoms. The van der Waals surface area contributed by atoms with E-state index in [1.54, 1.807) is 13.8 Å². The SMILES string of the molecule is C1CC1.CC(Cc1ccc2c(c1)OC1(CC2)CCN(C(C)c2cc(Cl)ccc2C(F)(F)F)CC1)C(=O)O. The molecule has 4 nitrogen and oxygen atoms in total. The fourth-order valence-electron chi connectivity index (χ4n) is 5.12. The number of carboxylic acid groups (broad SMARTS) is 1. The average Bonchev–Trinajstić information content (AvgIpc) is 3.73. The normalized spacial score (nSPS) is 20.2. The Labute approximate surface area is 221 Å². The minimum Gasteiger partial charge on any atom is -0.487 e. The van der Waals surface area contributed by atoms with Gasteiger partial charge in [0.1, 0.15) is 11.4 Å². The number of aryl methyl sites for hydroxylation is 1. The molecule has 2 fully saturated rings. The van der Waals surface area contributed by atoms with Gasteiger partial charge in [-0.2, -0.15) is 13.2 Å². The van der Waals surface area contributed by atoms with Crippen molar-refractivity contribution in [3.05, 3.63) is 63.7 Å². The summed E-state index contributed by atoms with van der Waals surface area (Å²) in [5.41, 5.74) is 1.25. The van der Waals surface area contributed by atoms with Gasteiger partial charge >= 0.3 is 12.1 Å². The number of benzene rings is 2. The van der Waals surface area contributed by atoms with Crippen LogP contribution in [-0.2, 0) is 23.8 Å². The number of likely N-dealkylation sites (tertiary alicyclic amines) is 1. The third-order valence-corrected chi connectivity index (χ3v) is 7.89. The van der Waals surface area contributed by atoms with Crippen molar-refractivity contribution < 1.29 is 27.8 Å². The number of halogens is 4. The number of hydrogen-bond donors (Lipinski definition) is 1. The summed E-state index contributed by atoms with van der Waals surface area (Å²) in [5, 5.41) is 9.50. The smallest absolute Gasteiger partial charge is 0.416 e. The van der Waals surface area contributed by atoms with Crippen LogP contribution < -0.4 is 4.74 Å². The maximum atomic E-state index is 13.6. The summed E-state index contributed by atoms with van der Waals surface area (Å²) in [6.07, 6.45) is 3.66. The summed E-state index contributed by atoms with van der Waals surface area (Å²) in [5.74, 6) is -0.504. The average molecular weight is 538 g/mol. The van der Waals surface area contributed by atoms with E-state index >= 15 is 0 Å². The van der Waals surface area contributed by atoms with E-state index in [0.29, 0.717) is 37.4 Å². The maximum Gasteiger partial charge on any atom is 0.416 e. The standard InChI is InChI=1S/C26H29ClF3NO3.C3H6/c1-16(24(32)33)13-18-3-4-19-7-8-25(34-23(19)14-18)9-11-31(12-10-25)17(2)21-15-20(27)5-6-22(21)26(28,29)30;1-2-3-1/h3-6,14-17H,7-13H2,1-2H3,(H,32,33);1-3H2. The van der Waals surface area contributed by atoms with Crippen LogP contribution in [0, 0.1) is 5.92 Å². The Balaban J connectivity index is 0.000000994. The number of hydrogen-bond acceptors (Lipinski definition) is 3. The Morgan fingerprint density at radius 3 is 2.35 bits per heavy atom. The molecule has 0 radical (unpaired) electrons. The molecule has 2 aliphatic heterocycles. The van der Waals surface area contributed by atoms with E-state index in [4.69, 9.17) is 16.3 Å². The topological polar surface area (TPSA) is 49.8 Å². The molecule has 8 heteroatoms. The molecule has 1 N–H and O–H groups in total. The van der Waals surface area contributed by atoms with Crippen molar-refractivity contribution in [2.24, 2.45) is 5.92 Å². The van der Waals surface area contributed by atoms with Crippen LogP contribution in [0.25, 0.3) is 0 Å². The zero-order valence-electron chi connectivity index (χ0n) is 21.4. The van der Waals surface area contributed by atoms with Gasteiger partial charge in [0.2, 0.25) is 0 Å². The number of fused-ring (bicyclic) bond motifs is 1. The number of carbonyl (C=O) groups is 1. The number of piperidine rings is 1. The highest BCUT2D eigenvalue weighted by Crippen LogP contribution is 2.43. The second-order valence-electron chi connectivity index (χ2n) is 10.7. The zero-order valence-corrected chi connectivity index (χ0v) is 22.2. The van der Waals surface area contributed by atoms with E-state index in [0.717, 1.165) is 35.8 Å². The summed E-state index contributed by atoms with van der Waals surface area (Å²) in [6, 6.07) is 9.27. The molecule has 0 bridgehead atoms. The van der Waals surface area contributed by atoms with E-state index in [1.807, 2.05) is 18.2 Å². The van der Waals surface area contributed by atoms with Crippen molar-refractivity contribution in [3.8, 4) is 5.75 Å². The predicted octanol–water partition coefficient (Wildman–Crippen LogP) is 7.71. The fraction of sp³-hybridized carbons (Fsp3) is 0.552. The molecular weight excluding hydrogens is 503 g/mol. The molecule has 2 heterocycles. The molecule has 2 aromatic rings. The van der Waals surface area contributed by atoms with Gasteiger partial charge in [-0.15, -0.1) is 0 Å². The minimum absolute atomic E-state index is 0.197. The Kier molecular flexibility index (Phi) is 8.44. The van der Waals surface area contributed by atoms with Gasteiger partial charge in [0.25, 0.3) is 0 Å². The number of carboxylic acids is 1. The van der Waals surface area contributed by atoms with Crippen molar-refractivity contribution in [2.45, 2.75) is 83.0 Å². The van der Waals surface area contributed by atoms with Crippen LogP contribution in [-0.4, -0.2) is 34.7 Å². The lowest BCUT2D eigenvalue weighted by Gasteiger charge is -2.46. The Morgan fingerprint density at radius 1 is 1.08 bits per heavy atom. The predicted molar refractivity (Wildman–Crippen MR) is 138 cm³/mol. The quantitative estimate of drug-likeness (QED) is 0.424. The second-order valence-corrected chi connectivity index (χ2v) is 11.1. The third-order valence-electron chi connectivity index (χ3n) is 7.65. The number of rotatable bonds is 5. The Hall–Kier alpha value is -2.25.